The number of aromatic nitrogens is 1. The Morgan fingerprint density at radius 3 is 2.26 bits per heavy atom. The molecule has 1 aromatic heterocycles. The molecule has 9 rings (SSSR count). The lowest BCUT2D eigenvalue weighted by Gasteiger charge is -2.40. The van der Waals surface area contributed by atoms with Crippen molar-refractivity contribution in [2.24, 2.45) is 0 Å². The Kier molecular flexibility index (Phi) is 3.27. The first-order valence-corrected chi connectivity index (χ1v) is 12.6. The number of nitrogens with zero attached hydrogens (tertiary/aromatic N) is 2. The minimum absolute atomic E-state index is 0.900. The van der Waals surface area contributed by atoms with Crippen LogP contribution in [0.25, 0.3) is 22.3 Å². The van der Waals surface area contributed by atoms with Crippen LogP contribution in [0.1, 0.15) is 44.6 Å². The van der Waals surface area contributed by atoms with E-state index in [9.17, 15) is 0 Å². The van der Waals surface area contributed by atoms with Crippen LogP contribution in [0.15, 0.2) is 85.1 Å². The molecule has 0 bridgehead atoms. The second-order valence-corrected chi connectivity index (χ2v) is 10.4. The summed E-state index contributed by atoms with van der Waals surface area (Å²) in [6.45, 7) is 0. The summed E-state index contributed by atoms with van der Waals surface area (Å²) in [4.78, 5) is 7.36. The lowest BCUT2D eigenvalue weighted by Crippen LogP contribution is -2.25. The normalized spacial score (nSPS) is 14.9. The molecule has 4 aliphatic rings. The van der Waals surface area contributed by atoms with Crippen LogP contribution in [-0.4, -0.2) is 4.98 Å². The molecule has 0 saturated heterocycles. The molecule has 0 saturated carbocycles. The molecule has 0 spiro atoms. The maximum absolute atomic E-state index is 4.87. The van der Waals surface area contributed by atoms with Crippen molar-refractivity contribution >= 4 is 17.1 Å². The second-order valence-electron chi connectivity index (χ2n) is 10.4. The lowest BCUT2D eigenvalue weighted by molar-refractivity contribution is 0.969. The molecule has 164 valence electrons. The fourth-order valence-electron chi connectivity index (χ4n) is 7.12. The summed E-state index contributed by atoms with van der Waals surface area (Å²) in [6.07, 6.45) is 5.91. The van der Waals surface area contributed by atoms with Crippen LogP contribution >= 0.6 is 0 Å². The van der Waals surface area contributed by atoms with Gasteiger partial charge in [-0.1, -0.05) is 48.5 Å². The Balaban J connectivity index is 1.31. The molecule has 2 aliphatic carbocycles. The zero-order valence-electron chi connectivity index (χ0n) is 19.3. The second kappa shape index (κ2) is 6.28. The molecule has 3 heterocycles. The topological polar surface area (TPSA) is 16.1 Å². The number of benzene rings is 4. The molecule has 0 radical (unpaired) electrons. The van der Waals surface area contributed by atoms with Crippen LogP contribution in [0.2, 0.25) is 0 Å². The van der Waals surface area contributed by atoms with Gasteiger partial charge in [-0.15, -0.1) is 0 Å². The summed E-state index contributed by atoms with van der Waals surface area (Å²) < 4.78 is 0. The van der Waals surface area contributed by atoms with Crippen LogP contribution in [0.4, 0.5) is 17.1 Å². The number of hydrogen-bond donors (Lipinski definition) is 0. The van der Waals surface area contributed by atoms with Gasteiger partial charge in [-0.3, -0.25) is 4.98 Å². The van der Waals surface area contributed by atoms with Crippen molar-refractivity contribution in [1.82, 2.24) is 4.98 Å². The van der Waals surface area contributed by atoms with Crippen molar-refractivity contribution in [3.63, 3.8) is 0 Å². The van der Waals surface area contributed by atoms with E-state index < -0.39 is 0 Å². The van der Waals surface area contributed by atoms with Gasteiger partial charge < -0.3 is 4.90 Å². The Morgan fingerprint density at radius 2 is 1.29 bits per heavy atom. The molecular formula is C33H22N2. The quantitative estimate of drug-likeness (QED) is 0.240. The van der Waals surface area contributed by atoms with E-state index in [1.807, 2.05) is 6.20 Å². The highest BCUT2D eigenvalue weighted by Crippen LogP contribution is 2.55. The Morgan fingerprint density at radius 1 is 0.543 bits per heavy atom. The number of fused-ring (bicyclic) bond motifs is 11. The average molecular weight is 447 g/mol. The first-order chi connectivity index (χ1) is 17.3. The highest BCUT2D eigenvalue weighted by Gasteiger charge is 2.37. The molecule has 0 fully saturated rings. The molecule has 2 aliphatic heterocycles. The van der Waals surface area contributed by atoms with E-state index in [2.05, 4.69) is 83.8 Å². The van der Waals surface area contributed by atoms with Gasteiger partial charge in [0.1, 0.15) is 0 Å². The summed E-state index contributed by atoms with van der Waals surface area (Å²) in [5.41, 5.74) is 21.1. The minimum atomic E-state index is 0.900. The van der Waals surface area contributed by atoms with Gasteiger partial charge in [-0.05, 0) is 104 Å². The number of pyridine rings is 1. The first kappa shape index (κ1) is 18.2. The smallest absolute Gasteiger partial charge is 0.0688 e. The highest BCUT2D eigenvalue weighted by molar-refractivity contribution is 5.96. The van der Waals surface area contributed by atoms with Crippen LogP contribution < -0.4 is 4.90 Å². The number of para-hydroxylation sites is 1. The van der Waals surface area contributed by atoms with Crippen molar-refractivity contribution in [2.75, 3.05) is 4.90 Å². The number of rotatable bonds is 0. The van der Waals surface area contributed by atoms with Crippen molar-refractivity contribution in [1.29, 1.82) is 0 Å². The highest BCUT2D eigenvalue weighted by atomic mass is 15.2. The van der Waals surface area contributed by atoms with Crippen LogP contribution in [0.5, 0.6) is 0 Å². The van der Waals surface area contributed by atoms with Crippen molar-refractivity contribution in [2.45, 2.75) is 25.7 Å². The summed E-state index contributed by atoms with van der Waals surface area (Å²) in [6, 6.07) is 29.6. The largest absolute Gasteiger partial charge is 0.308 e. The van der Waals surface area contributed by atoms with E-state index in [4.69, 9.17) is 4.98 Å². The third-order valence-electron chi connectivity index (χ3n) is 8.52. The minimum Gasteiger partial charge on any atom is -0.308 e. The van der Waals surface area contributed by atoms with Crippen LogP contribution in [-0.2, 0) is 25.7 Å². The third-order valence-corrected chi connectivity index (χ3v) is 8.52. The zero-order valence-corrected chi connectivity index (χ0v) is 19.3. The Bertz CT molecular complexity index is 1750. The molecule has 0 unspecified atom stereocenters. The van der Waals surface area contributed by atoms with Gasteiger partial charge in [-0.2, -0.15) is 0 Å². The van der Waals surface area contributed by atoms with Gasteiger partial charge in [0.2, 0.25) is 0 Å². The van der Waals surface area contributed by atoms with Gasteiger partial charge in [0.15, 0.2) is 0 Å². The van der Waals surface area contributed by atoms with Crippen molar-refractivity contribution in [3.05, 3.63) is 130 Å². The van der Waals surface area contributed by atoms with E-state index in [-0.39, 0.29) is 0 Å². The van der Waals surface area contributed by atoms with E-state index in [0.717, 1.165) is 25.7 Å². The predicted molar refractivity (Wildman–Crippen MR) is 141 cm³/mol. The molecule has 2 heteroatoms. The van der Waals surface area contributed by atoms with Gasteiger partial charge in [0.05, 0.1) is 17.1 Å². The molecule has 5 aromatic rings. The van der Waals surface area contributed by atoms with Crippen LogP contribution in [0, 0.1) is 0 Å². The molecule has 0 N–H and O–H groups in total. The van der Waals surface area contributed by atoms with Crippen molar-refractivity contribution in [3.8, 4) is 22.3 Å². The summed E-state index contributed by atoms with van der Waals surface area (Å²) in [5, 5.41) is 0. The fourth-order valence-corrected chi connectivity index (χ4v) is 7.12. The van der Waals surface area contributed by atoms with E-state index in [1.165, 1.54) is 84.0 Å². The maximum atomic E-state index is 4.87. The summed E-state index contributed by atoms with van der Waals surface area (Å²) in [7, 11) is 0. The molecule has 0 amide bonds. The van der Waals surface area contributed by atoms with Crippen molar-refractivity contribution < 1.29 is 0 Å². The van der Waals surface area contributed by atoms with Crippen LogP contribution in [0.3, 0.4) is 0 Å². The van der Waals surface area contributed by atoms with E-state index in [1.54, 1.807) is 0 Å². The number of hydrogen-bond acceptors (Lipinski definition) is 2. The van der Waals surface area contributed by atoms with Gasteiger partial charge >= 0.3 is 0 Å². The predicted octanol–water partition coefficient (Wildman–Crippen LogP) is 7.50. The molecule has 4 aromatic carbocycles. The summed E-state index contributed by atoms with van der Waals surface area (Å²) in [5.74, 6) is 0. The Hall–Kier alpha value is -4.17. The first-order valence-electron chi connectivity index (χ1n) is 12.6. The summed E-state index contributed by atoms with van der Waals surface area (Å²) >= 11 is 0. The molecule has 0 atom stereocenters. The molecule has 2 nitrogen and oxygen atoms in total. The maximum Gasteiger partial charge on any atom is 0.0688 e. The van der Waals surface area contributed by atoms with Gasteiger partial charge in [-0.25, -0.2) is 0 Å². The molecule has 35 heavy (non-hydrogen) atoms. The lowest BCUT2D eigenvalue weighted by atomic mass is 9.83. The van der Waals surface area contributed by atoms with E-state index in [0.29, 0.717) is 0 Å². The van der Waals surface area contributed by atoms with Gasteiger partial charge in [0.25, 0.3) is 0 Å². The standard InChI is InChI=1S/C33H22N2/c1-3-8-25-19(6-1)12-21-17-27-22(16-26(21)25)14-23-15-24-13-20-7-2-4-9-30(20)35-31-10-5-11-34-29(31)18-28(32(23)27)33(24)35/h1-11,15-17H,12-14,18H2. The van der Waals surface area contributed by atoms with Gasteiger partial charge in [0, 0.05) is 24.7 Å². The monoisotopic (exact) mass is 446 g/mol. The van der Waals surface area contributed by atoms with E-state index >= 15 is 0 Å². The fraction of sp³-hybridized carbons (Fsp3) is 0.121. The third kappa shape index (κ3) is 2.27. The molecular weight excluding hydrogens is 424 g/mol. The Labute approximate surface area is 204 Å². The average Bonchev–Trinajstić information content (AvgIpc) is 3.44. The number of anilines is 3. The SMILES string of the molecule is c1ccc2c(c1)Cc1cc3c(cc1-2)Cc1cc2c4c(c1-3)Cc1ncccc1N4c1ccccc1C2. The zero-order chi connectivity index (χ0) is 22.7.